The summed E-state index contributed by atoms with van der Waals surface area (Å²) in [6, 6.07) is 0. The molecule has 19 heavy (non-hydrogen) atoms. The van der Waals surface area contributed by atoms with Crippen LogP contribution in [0, 0.1) is 11.3 Å². The Kier molecular flexibility index (Phi) is 3.81. The van der Waals surface area contributed by atoms with Crippen LogP contribution in [0.15, 0.2) is 0 Å². The molecule has 0 aromatic heterocycles. The summed E-state index contributed by atoms with van der Waals surface area (Å²) < 4.78 is 0. The largest absolute Gasteiger partial charge is 0.393 e. The zero-order valence-corrected chi connectivity index (χ0v) is 11.7. The van der Waals surface area contributed by atoms with Gasteiger partial charge in [-0.2, -0.15) is 0 Å². The minimum absolute atomic E-state index is 0.171. The van der Waals surface area contributed by atoms with Crippen LogP contribution in [0.4, 0.5) is 0 Å². The molecule has 4 nitrogen and oxygen atoms in total. The molecule has 0 bridgehead atoms. The van der Waals surface area contributed by atoms with E-state index < -0.39 is 0 Å². The standard InChI is InChI=1S/C15H26N2O2/c18-13-4-2-12(3-5-13)14(19)17-9-1-6-15(11-17)7-8-16-10-15/h12-13,16,18H,1-11H2. The smallest absolute Gasteiger partial charge is 0.225 e. The van der Waals surface area contributed by atoms with Crippen molar-refractivity contribution in [2.24, 2.45) is 11.3 Å². The Morgan fingerprint density at radius 3 is 2.68 bits per heavy atom. The van der Waals surface area contributed by atoms with Crippen LogP contribution in [-0.4, -0.2) is 48.2 Å². The Bertz CT molecular complexity index is 331. The highest BCUT2D eigenvalue weighted by molar-refractivity contribution is 5.79. The molecule has 2 N–H and O–H groups in total. The highest BCUT2D eigenvalue weighted by Gasteiger charge is 2.40. The average Bonchev–Trinajstić information content (AvgIpc) is 2.87. The lowest BCUT2D eigenvalue weighted by Crippen LogP contribution is -2.49. The molecule has 2 saturated heterocycles. The Labute approximate surface area is 115 Å². The van der Waals surface area contributed by atoms with Crippen LogP contribution in [0.1, 0.15) is 44.9 Å². The van der Waals surface area contributed by atoms with Crippen LogP contribution < -0.4 is 5.32 Å². The second-order valence-corrected chi connectivity index (χ2v) is 6.80. The first-order valence-corrected chi connectivity index (χ1v) is 7.86. The molecule has 3 fully saturated rings. The van der Waals surface area contributed by atoms with Gasteiger partial charge in [0.15, 0.2) is 0 Å². The SMILES string of the molecule is O=C(C1CCC(O)CC1)N1CCCC2(CCNC2)C1. The summed E-state index contributed by atoms with van der Waals surface area (Å²) in [5, 5.41) is 13.0. The lowest BCUT2D eigenvalue weighted by molar-refractivity contribution is -0.140. The molecule has 4 heteroatoms. The van der Waals surface area contributed by atoms with Crippen molar-refractivity contribution in [3.05, 3.63) is 0 Å². The lowest BCUT2D eigenvalue weighted by Gasteiger charge is -2.42. The van der Waals surface area contributed by atoms with Gasteiger partial charge in [-0.1, -0.05) is 0 Å². The van der Waals surface area contributed by atoms with Gasteiger partial charge in [-0.25, -0.2) is 0 Å². The Balaban J connectivity index is 1.60. The zero-order valence-electron chi connectivity index (χ0n) is 11.7. The van der Waals surface area contributed by atoms with Crippen molar-refractivity contribution in [3.8, 4) is 0 Å². The van der Waals surface area contributed by atoms with E-state index in [-0.39, 0.29) is 12.0 Å². The van der Waals surface area contributed by atoms with E-state index in [0.29, 0.717) is 11.3 Å². The summed E-state index contributed by atoms with van der Waals surface area (Å²) in [7, 11) is 0. The van der Waals surface area contributed by atoms with Crippen molar-refractivity contribution in [2.75, 3.05) is 26.2 Å². The second kappa shape index (κ2) is 5.41. The van der Waals surface area contributed by atoms with Gasteiger partial charge in [-0.15, -0.1) is 0 Å². The third-order valence-corrected chi connectivity index (χ3v) is 5.35. The number of amides is 1. The first kappa shape index (κ1) is 13.4. The number of piperidine rings is 1. The number of nitrogens with one attached hydrogen (secondary N) is 1. The van der Waals surface area contributed by atoms with Gasteiger partial charge in [0.05, 0.1) is 6.10 Å². The van der Waals surface area contributed by atoms with Crippen LogP contribution >= 0.6 is 0 Å². The van der Waals surface area contributed by atoms with E-state index in [1.54, 1.807) is 0 Å². The van der Waals surface area contributed by atoms with Gasteiger partial charge in [-0.3, -0.25) is 4.79 Å². The monoisotopic (exact) mass is 266 g/mol. The van der Waals surface area contributed by atoms with Gasteiger partial charge in [0.25, 0.3) is 0 Å². The molecule has 0 radical (unpaired) electrons. The van der Waals surface area contributed by atoms with E-state index in [1.807, 2.05) is 0 Å². The van der Waals surface area contributed by atoms with Gasteiger partial charge < -0.3 is 15.3 Å². The fourth-order valence-electron chi connectivity index (χ4n) is 4.12. The normalized spacial score (nSPS) is 39.7. The predicted molar refractivity (Wildman–Crippen MR) is 73.7 cm³/mol. The molecule has 3 aliphatic rings. The third kappa shape index (κ3) is 2.79. The quantitative estimate of drug-likeness (QED) is 0.748. The lowest BCUT2D eigenvalue weighted by atomic mass is 9.78. The van der Waals surface area contributed by atoms with Crippen LogP contribution in [-0.2, 0) is 4.79 Å². The maximum atomic E-state index is 12.6. The number of aliphatic hydroxyl groups excluding tert-OH is 1. The van der Waals surface area contributed by atoms with E-state index in [4.69, 9.17) is 0 Å². The number of aliphatic hydroxyl groups is 1. The molecule has 108 valence electrons. The average molecular weight is 266 g/mol. The van der Waals surface area contributed by atoms with Gasteiger partial charge in [0, 0.05) is 31.0 Å². The van der Waals surface area contributed by atoms with E-state index in [9.17, 15) is 9.90 Å². The minimum Gasteiger partial charge on any atom is -0.393 e. The van der Waals surface area contributed by atoms with Crippen LogP contribution in [0.2, 0.25) is 0 Å². The van der Waals surface area contributed by atoms with Crippen molar-refractivity contribution in [1.82, 2.24) is 10.2 Å². The first-order valence-electron chi connectivity index (χ1n) is 7.86. The molecule has 2 aliphatic heterocycles. The predicted octanol–water partition coefficient (Wildman–Crippen LogP) is 1.14. The number of hydrogen-bond acceptors (Lipinski definition) is 3. The number of carbonyl (C=O) groups is 1. The van der Waals surface area contributed by atoms with Crippen molar-refractivity contribution < 1.29 is 9.90 Å². The molecule has 2 heterocycles. The molecule has 1 atom stereocenters. The van der Waals surface area contributed by atoms with Crippen molar-refractivity contribution >= 4 is 5.91 Å². The van der Waals surface area contributed by atoms with Crippen LogP contribution in [0.5, 0.6) is 0 Å². The summed E-state index contributed by atoms with van der Waals surface area (Å²) in [5.74, 6) is 0.533. The molecule has 3 rings (SSSR count). The molecule has 1 aliphatic carbocycles. The molecule has 1 unspecified atom stereocenters. The van der Waals surface area contributed by atoms with E-state index >= 15 is 0 Å². The Morgan fingerprint density at radius 2 is 2.00 bits per heavy atom. The molecule has 0 aromatic carbocycles. The van der Waals surface area contributed by atoms with E-state index in [0.717, 1.165) is 58.3 Å². The third-order valence-electron chi connectivity index (χ3n) is 5.35. The van der Waals surface area contributed by atoms with E-state index in [1.165, 1.54) is 12.8 Å². The van der Waals surface area contributed by atoms with Gasteiger partial charge in [-0.05, 0) is 51.5 Å². The first-order chi connectivity index (χ1) is 9.19. The molecule has 1 amide bonds. The fourth-order valence-corrected chi connectivity index (χ4v) is 4.12. The zero-order chi connectivity index (χ0) is 13.3. The van der Waals surface area contributed by atoms with Crippen molar-refractivity contribution in [1.29, 1.82) is 0 Å². The maximum absolute atomic E-state index is 12.6. The molecule has 1 saturated carbocycles. The van der Waals surface area contributed by atoms with Crippen LogP contribution in [0.3, 0.4) is 0 Å². The molecular weight excluding hydrogens is 240 g/mol. The number of carbonyl (C=O) groups excluding carboxylic acids is 1. The van der Waals surface area contributed by atoms with E-state index in [2.05, 4.69) is 10.2 Å². The van der Waals surface area contributed by atoms with Crippen molar-refractivity contribution in [2.45, 2.75) is 51.0 Å². The number of nitrogens with zero attached hydrogens (tertiary/aromatic N) is 1. The summed E-state index contributed by atoms with van der Waals surface area (Å²) >= 11 is 0. The van der Waals surface area contributed by atoms with Gasteiger partial charge in [0.1, 0.15) is 0 Å². The van der Waals surface area contributed by atoms with Gasteiger partial charge >= 0.3 is 0 Å². The highest BCUT2D eigenvalue weighted by Crippen LogP contribution is 2.37. The molecule has 0 aromatic rings. The summed E-state index contributed by atoms with van der Waals surface area (Å²) in [6.45, 7) is 4.09. The second-order valence-electron chi connectivity index (χ2n) is 6.80. The number of hydrogen-bond donors (Lipinski definition) is 2. The Morgan fingerprint density at radius 1 is 1.21 bits per heavy atom. The molecular formula is C15H26N2O2. The van der Waals surface area contributed by atoms with Gasteiger partial charge in [0.2, 0.25) is 5.91 Å². The summed E-state index contributed by atoms with van der Waals surface area (Å²) in [5.41, 5.74) is 0.363. The van der Waals surface area contributed by atoms with Crippen molar-refractivity contribution in [3.63, 3.8) is 0 Å². The highest BCUT2D eigenvalue weighted by atomic mass is 16.3. The Hall–Kier alpha value is -0.610. The topological polar surface area (TPSA) is 52.6 Å². The summed E-state index contributed by atoms with van der Waals surface area (Å²) in [4.78, 5) is 14.7. The summed E-state index contributed by atoms with van der Waals surface area (Å²) in [6.07, 6.45) is 6.84. The van der Waals surface area contributed by atoms with Crippen LogP contribution in [0.25, 0.3) is 0 Å². The number of rotatable bonds is 1. The fraction of sp³-hybridized carbons (Fsp3) is 0.933. The number of likely N-dealkylation sites (tertiary alicyclic amines) is 1. The molecule has 1 spiro atoms. The maximum Gasteiger partial charge on any atom is 0.225 e. The minimum atomic E-state index is -0.171.